The molecule has 3 rings (SSSR count). The van der Waals surface area contributed by atoms with E-state index in [0.717, 1.165) is 4.47 Å². The van der Waals surface area contributed by atoms with Crippen LogP contribution in [0.5, 0.6) is 0 Å². The molecule has 0 bridgehead atoms. The molecule has 102 valence electrons. The van der Waals surface area contributed by atoms with Crippen LogP contribution in [0, 0.1) is 0 Å². The fourth-order valence-corrected chi connectivity index (χ4v) is 2.42. The van der Waals surface area contributed by atoms with Crippen LogP contribution in [0.2, 0.25) is 0 Å². The first-order valence-electron chi connectivity index (χ1n) is 6.07. The van der Waals surface area contributed by atoms with Gasteiger partial charge in [0.05, 0.1) is 11.3 Å². The van der Waals surface area contributed by atoms with Crippen LogP contribution in [0.25, 0.3) is 0 Å². The summed E-state index contributed by atoms with van der Waals surface area (Å²) < 4.78 is 5.82. The van der Waals surface area contributed by atoms with E-state index in [4.69, 9.17) is 4.52 Å². The minimum Gasteiger partial charge on any atom is -0.337 e. The molecule has 1 aliphatic heterocycles. The highest BCUT2D eigenvalue weighted by Gasteiger charge is 2.36. The number of carbonyl (C=O) groups excluding carboxylic acids is 2. The van der Waals surface area contributed by atoms with Crippen LogP contribution >= 0.6 is 15.9 Å². The number of nitrogens with zero attached hydrogens (tertiary/aromatic N) is 3. The summed E-state index contributed by atoms with van der Waals surface area (Å²) in [4.78, 5) is 29.5. The molecule has 1 amide bonds. The van der Waals surface area contributed by atoms with Crippen molar-refractivity contribution in [2.45, 2.75) is 19.9 Å². The van der Waals surface area contributed by atoms with Crippen molar-refractivity contribution in [2.75, 3.05) is 4.90 Å². The van der Waals surface area contributed by atoms with Gasteiger partial charge in [-0.25, -0.2) is 0 Å². The van der Waals surface area contributed by atoms with Crippen LogP contribution in [0.4, 0.5) is 5.69 Å². The van der Waals surface area contributed by atoms with Gasteiger partial charge in [0.2, 0.25) is 5.89 Å². The van der Waals surface area contributed by atoms with E-state index in [9.17, 15) is 9.59 Å². The highest BCUT2D eigenvalue weighted by atomic mass is 79.9. The van der Waals surface area contributed by atoms with E-state index in [1.54, 1.807) is 18.2 Å². The Hall–Kier alpha value is -2.02. The predicted molar refractivity (Wildman–Crippen MR) is 73.3 cm³/mol. The van der Waals surface area contributed by atoms with Gasteiger partial charge in [0.25, 0.3) is 11.7 Å². The number of hydrogen-bond acceptors (Lipinski definition) is 5. The summed E-state index contributed by atoms with van der Waals surface area (Å²) in [6, 6.07) is 5.14. The van der Waals surface area contributed by atoms with Gasteiger partial charge in [0.1, 0.15) is 6.54 Å². The van der Waals surface area contributed by atoms with Crippen molar-refractivity contribution in [3.63, 3.8) is 0 Å². The molecule has 2 aromatic rings. The molecule has 1 aromatic heterocycles. The second kappa shape index (κ2) is 4.82. The maximum absolute atomic E-state index is 12.0. The third-order valence-electron chi connectivity index (χ3n) is 3.05. The fraction of sp³-hybridized carbons (Fsp3) is 0.231. The van der Waals surface area contributed by atoms with E-state index in [1.807, 2.05) is 6.92 Å². The number of ketones is 1. The quantitative estimate of drug-likeness (QED) is 0.803. The van der Waals surface area contributed by atoms with E-state index in [2.05, 4.69) is 26.1 Å². The number of halogens is 1. The zero-order valence-corrected chi connectivity index (χ0v) is 12.2. The van der Waals surface area contributed by atoms with Crippen molar-refractivity contribution in [1.82, 2.24) is 10.1 Å². The number of rotatable bonds is 3. The lowest BCUT2D eigenvalue weighted by Crippen LogP contribution is -2.29. The maximum Gasteiger partial charge on any atom is 0.299 e. The summed E-state index contributed by atoms with van der Waals surface area (Å²) in [6.07, 6.45) is 0.653. The van der Waals surface area contributed by atoms with Crippen molar-refractivity contribution >= 4 is 33.3 Å². The van der Waals surface area contributed by atoms with E-state index < -0.39 is 11.7 Å². The van der Waals surface area contributed by atoms with E-state index >= 15 is 0 Å². The van der Waals surface area contributed by atoms with Gasteiger partial charge in [0.15, 0.2) is 5.82 Å². The Balaban J connectivity index is 1.95. The average molecular weight is 336 g/mol. The topological polar surface area (TPSA) is 76.3 Å². The zero-order valence-electron chi connectivity index (χ0n) is 10.6. The number of amides is 1. The van der Waals surface area contributed by atoms with Gasteiger partial charge >= 0.3 is 0 Å². The first-order chi connectivity index (χ1) is 9.60. The average Bonchev–Trinajstić information content (AvgIpc) is 2.99. The third-order valence-corrected chi connectivity index (χ3v) is 3.55. The van der Waals surface area contributed by atoms with Gasteiger partial charge in [0, 0.05) is 10.9 Å². The standard InChI is InChI=1S/C13H10BrN3O3/c1-2-10-15-11(20-16-10)6-17-9-4-3-7(14)5-8(9)12(18)13(17)19/h3-5H,2,6H2,1H3. The smallest absolute Gasteiger partial charge is 0.299 e. The van der Waals surface area contributed by atoms with Gasteiger partial charge < -0.3 is 4.52 Å². The van der Waals surface area contributed by atoms with Crippen molar-refractivity contribution in [2.24, 2.45) is 0 Å². The van der Waals surface area contributed by atoms with Crippen LogP contribution in [-0.2, 0) is 17.8 Å². The zero-order chi connectivity index (χ0) is 14.3. The number of hydrogen-bond donors (Lipinski definition) is 0. The lowest BCUT2D eigenvalue weighted by Gasteiger charge is -2.13. The Morgan fingerprint density at radius 2 is 2.15 bits per heavy atom. The number of Topliss-reactive ketones (excluding diaryl/α,β-unsaturated/α-hetero) is 1. The molecule has 20 heavy (non-hydrogen) atoms. The van der Waals surface area contributed by atoms with E-state index in [0.29, 0.717) is 29.4 Å². The summed E-state index contributed by atoms with van der Waals surface area (Å²) in [6.45, 7) is 2.01. The normalized spacial score (nSPS) is 14.0. The van der Waals surface area contributed by atoms with Gasteiger partial charge in [-0.2, -0.15) is 4.98 Å². The molecule has 0 unspecified atom stereocenters. The van der Waals surface area contributed by atoms with E-state index in [1.165, 1.54) is 4.90 Å². The Bertz CT molecular complexity index is 711. The number of fused-ring (bicyclic) bond motifs is 1. The molecule has 0 radical (unpaired) electrons. The molecule has 0 saturated carbocycles. The second-order valence-electron chi connectivity index (χ2n) is 4.34. The molecule has 7 heteroatoms. The molecule has 0 N–H and O–H groups in total. The Morgan fingerprint density at radius 3 is 2.85 bits per heavy atom. The number of anilines is 1. The van der Waals surface area contributed by atoms with E-state index in [-0.39, 0.29) is 6.54 Å². The van der Waals surface area contributed by atoms with Crippen LogP contribution in [0.15, 0.2) is 27.2 Å². The second-order valence-corrected chi connectivity index (χ2v) is 5.26. The van der Waals surface area contributed by atoms with Crippen LogP contribution in [0.1, 0.15) is 29.0 Å². The molecular formula is C13H10BrN3O3. The highest BCUT2D eigenvalue weighted by Crippen LogP contribution is 2.32. The highest BCUT2D eigenvalue weighted by molar-refractivity contribution is 9.10. The third kappa shape index (κ3) is 2.03. The minimum atomic E-state index is -0.575. The molecule has 1 aliphatic rings. The van der Waals surface area contributed by atoms with Gasteiger partial charge in [-0.15, -0.1) is 0 Å². The summed E-state index contributed by atoms with van der Waals surface area (Å²) in [5.74, 6) is -0.196. The molecule has 0 fully saturated rings. The molecule has 2 heterocycles. The lowest BCUT2D eigenvalue weighted by molar-refractivity contribution is -0.114. The molecule has 0 saturated heterocycles. The molecule has 1 aromatic carbocycles. The molecular weight excluding hydrogens is 326 g/mol. The lowest BCUT2D eigenvalue weighted by atomic mass is 10.1. The molecule has 0 spiro atoms. The van der Waals surface area contributed by atoms with Crippen molar-refractivity contribution in [3.8, 4) is 0 Å². The summed E-state index contributed by atoms with van der Waals surface area (Å²) in [5.41, 5.74) is 0.957. The number of benzene rings is 1. The largest absolute Gasteiger partial charge is 0.337 e. The van der Waals surface area contributed by atoms with Gasteiger partial charge in [-0.3, -0.25) is 14.5 Å². The fourth-order valence-electron chi connectivity index (χ4n) is 2.06. The van der Waals surface area contributed by atoms with Crippen molar-refractivity contribution in [1.29, 1.82) is 0 Å². The first-order valence-corrected chi connectivity index (χ1v) is 6.86. The molecule has 6 nitrogen and oxygen atoms in total. The van der Waals surface area contributed by atoms with Crippen molar-refractivity contribution in [3.05, 3.63) is 40.0 Å². The Morgan fingerprint density at radius 1 is 1.35 bits per heavy atom. The predicted octanol–water partition coefficient (Wildman–Crippen LogP) is 2.12. The Kier molecular flexibility index (Phi) is 3.13. The number of aryl methyl sites for hydroxylation is 1. The van der Waals surface area contributed by atoms with Gasteiger partial charge in [-0.05, 0) is 18.2 Å². The maximum atomic E-state index is 12.0. The molecule has 0 atom stereocenters. The molecule has 0 aliphatic carbocycles. The Labute approximate surface area is 122 Å². The number of aromatic nitrogens is 2. The number of carbonyl (C=O) groups is 2. The minimum absolute atomic E-state index is 0.103. The summed E-state index contributed by atoms with van der Waals surface area (Å²) in [7, 11) is 0. The van der Waals surface area contributed by atoms with Crippen LogP contribution in [0.3, 0.4) is 0 Å². The summed E-state index contributed by atoms with van der Waals surface area (Å²) >= 11 is 3.29. The van der Waals surface area contributed by atoms with Crippen LogP contribution < -0.4 is 4.90 Å². The van der Waals surface area contributed by atoms with Crippen LogP contribution in [-0.4, -0.2) is 21.8 Å². The first kappa shape index (κ1) is 13.0. The van der Waals surface area contributed by atoms with Gasteiger partial charge in [-0.1, -0.05) is 28.0 Å². The SMILES string of the molecule is CCc1noc(CN2C(=O)C(=O)c3cc(Br)ccc32)n1. The summed E-state index contributed by atoms with van der Waals surface area (Å²) in [5, 5.41) is 3.77. The monoisotopic (exact) mass is 335 g/mol. The van der Waals surface area contributed by atoms with Crippen molar-refractivity contribution < 1.29 is 14.1 Å².